The number of ether oxygens (including phenoxy) is 1. The van der Waals surface area contributed by atoms with Crippen molar-refractivity contribution in [3.8, 4) is 11.1 Å². The van der Waals surface area contributed by atoms with Gasteiger partial charge in [0.15, 0.2) is 0 Å². The molecule has 0 atom stereocenters. The van der Waals surface area contributed by atoms with Gasteiger partial charge in [-0.3, -0.25) is 0 Å². The Balaban J connectivity index is 2.53. The second-order valence-corrected chi connectivity index (χ2v) is 3.99. The van der Waals surface area contributed by atoms with Crippen molar-refractivity contribution < 1.29 is 13.9 Å². The number of rotatable bonds is 2. The summed E-state index contributed by atoms with van der Waals surface area (Å²) >= 11 is 3.43. The van der Waals surface area contributed by atoms with E-state index in [9.17, 15) is 4.79 Å². The molecule has 0 aliphatic carbocycles. The highest BCUT2D eigenvalue weighted by Crippen LogP contribution is 2.31. The van der Waals surface area contributed by atoms with Crippen LogP contribution >= 0.6 is 15.9 Å². The molecular formula is C12H9BrO3. The fraction of sp³-hybridized carbons (Fsp3) is 0.0833. The second kappa shape index (κ2) is 4.53. The van der Waals surface area contributed by atoms with Crippen LogP contribution in [0.1, 0.15) is 10.6 Å². The molecule has 0 saturated heterocycles. The number of carbonyl (C=O) groups excluding carboxylic acids is 1. The average molecular weight is 281 g/mol. The first kappa shape index (κ1) is 11.0. The standard InChI is InChI=1S/C12H9BrO3/c1-15-12(14)11-9(6-7-16-11)8-4-2-3-5-10(8)13/h2-7H,1H3. The van der Waals surface area contributed by atoms with Gasteiger partial charge in [-0.2, -0.15) is 0 Å². The number of benzene rings is 1. The Morgan fingerprint density at radius 1 is 1.25 bits per heavy atom. The Kier molecular flexibility index (Phi) is 3.10. The highest BCUT2D eigenvalue weighted by atomic mass is 79.9. The lowest BCUT2D eigenvalue weighted by atomic mass is 10.1. The van der Waals surface area contributed by atoms with Crippen molar-refractivity contribution in [2.75, 3.05) is 7.11 Å². The first-order valence-corrected chi connectivity index (χ1v) is 5.44. The van der Waals surface area contributed by atoms with E-state index in [0.29, 0.717) is 0 Å². The zero-order valence-corrected chi connectivity index (χ0v) is 10.2. The molecule has 0 spiro atoms. The van der Waals surface area contributed by atoms with E-state index >= 15 is 0 Å². The van der Waals surface area contributed by atoms with Crippen molar-refractivity contribution in [2.24, 2.45) is 0 Å². The Hall–Kier alpha value is -1.55. The minimum atomic E-state index is -0.476. The zero-order chi connectivity index (χ0) is 11.5. The van der Waals surface area contributed by atoms with E-state index in [1.165, 1.54) is 13.4 Å². The van der Waals surface area contributed by atoms with Gasteiger partial charge in [0.2, 0.25) is 5.76 Å². The first-order valence-electron chi connectivity index (χ1n) is 4.64. The van der Waals surface area contributed by atoms with Crippen LogP contribution in [0.4, 0.5) is 0 Å². The lowest BCUT2D eigenvalue weighted by molar-refractivity contribution is 0.0566. The molecule has 2 aromatic rings. The molecule has 0 saturated carbocycles. The highest BCUT2D eigenvalue weighted by molar-refractivity contribution is 9.10. The minimum absolute atomic E-state index is 0.217. The Morgan fingerprint density at radius 3 is 2.69 bits per heavy atom. The van der Waals surface area contributed by atoms with Crippen molar-refractivity contribution in [2.45, 2.75) is 0 Å². The summed E-state index contributed by atoms with van der Waals surface area (Å²) in [5, 5.41) is 0. The molecule has 0 aliphatic heterocycles. The largest absolute Gasteiger partial charge is 0.463 e. The van der Waals surface area contributed by atoms with Crippen LogP contribution in [0, 0.1) is 0 Å². The van der Waals surface area contributed by atoms with Gasteiger partial charge >= 0.3 is 5.97 Å². The summed E-state index contributed by atoms with van der Waals surface area (Å²) in [6, 6.07) is 9.36. The van der Waals surface area contributed by atoms with Gasteiger partial charge in [0.1, 0.15) is 0 Å². The Labute approximate surface area is 101 Å². The molecule has 1 aromatic carbocycles. The van der Waals surface area contributed by atoms with E-state index < -0.39 is 5.97 Å². The van der Waals surface area contributed by atoms with E-state index in [1.807, 2.05) is 24.3 Å². The predicted molar refractivity (Wildman–Crippen MR) is 63.2 cm³/mol. The number of hydrogen-bond acceptors (Lipinski definition) is 3. The molecule has 1 aromatic heterocycles. The summed E-state index contributed by atoms with van der Waals surface area (Å²) in [4.78, 5) is 11.4. The lowest BCUT2D eigenvalue weighted by Gasteiger charge is -2.03. The summed E-state index contributed by atoms with van der Waals surface area (Å²) in [6.45, 7) is 0. The molecule has 4 heteroatoms. The molecule has 2 rings (SSSR count). The van der Waals surface area contributed by atoms with Crippen molar-refractivity contribution in [3.05, 3.63) is 46.8 Å². The maximum absolute atomic E-state index is 11.4. The van der Waals surface area contributed by atoms with E-state index in [0.717, 1.165) is 15.6 Å². The Bertz CT molecular complexity index is 516. The van der Waals surface area contributed by atoms with Crippen LogP contribution in [-0.2, 0) is 4.74 Å². The summed E-state index contributed by atoms with van der Waals surface area (Å²) in [5.41, 5.74) is 1.62. The van der Waals surface area contributed by atoms with Crippen LogP contribution in [0.5, 0.6) is 0 Å². The number of furan rings is 1. The van der Waals surface area contributed by atoms with Crippen molar-refractivity contribution in [1.29, 1.82) is 0 Å². The molecule has 0 amide bonds. The molecular weight excluding hydrogens is 272 g/mol. The summed E-state index contributed by atoms with van der Waals surface area (Å²) in [7, 11) is 1.33. The smallest absolute Gasteiger partial charge is 0.374 e. The van der Waals surface area contributed by atoms with E-state index in [-0.39, 0.29) is 5.76 Å². The first-order chi connectivity index (χ1) is 7.74. The number of hydrogen-bond donors (Lipinski definition) is 0. The highest BCUT2D eigenvalue weighted by Gasteiger charge is 2.18. The normalized spacial score (nSPS) is 10.1. The van der Waals surface area contributed by atoms with Gasteiger partial charge in [0, 0.05) is 10.0 Å². The van der Waals surface area contributed by atoms with E-state index in [1.54, 1.807) is 6.07 Å². The van der Waals surface area contributed by atoms with Gasteiger partial charge in [0.25, 0.3) is 0 Å². The molecule has 16 heavy (non-hydrogen) atoms. The number of halogens is 1. The van der Waals surface area contributed by atoms with Gasteiger partial charge in [-0.15, -0.1) is 0 Å². The molecule has 0 fully saturated rings. The third-order valence-electron chi connectivity index (χ3n) is 2.20. The fourth-order valence-corrected chi connectivity index (χ4v) is 1.95. The van der Waals surface area contributed by atoms with Crippen LogP contribution < -0.4 is 0 Å². The van der Waals surface area contributed by atoms with E-state index in [4.69, 9.17) is 4.42 Å². The quantitative estimate of drug-likeness (QED) is 0.791. The molecule has 82 valence electrons. The minimum Gasteiger partial charge on any atom is -0.463 e. The number of esters is 1. The van der Waals surface area contributed by atoms with Gasteiger partial charge < -0.3 is 9.15 Å². The summed E-state index contributed by atoms with van der Waals surface area (Å²) in [6.07, 6.45) is 1.47. The van der Waals surface area contributed by atoms with Crippen LogP contribution in [0.25, 0.3) is 11.1 Å². The number of methoxy groups -OCH3 is 1. The maximum Gasteiger partial charge on any atom is 0.374 e. The molecule has 3 nitrogen and oxygen atoms in total. The second-order valence-electron chi connectivity index (χ2n) is 3.13. The van der Waals surface area contributed by atoms with Gasteiger partial charge in [0.05, 0.1) is 13.4 Å². The maximum atomic E-state index is 11.4. The summed E-state index contributed by atoms with van der Waals surface area (Å²) in [5.74, 6) is -0.259. The van der Waals surface area contributed by atoms with E-state index in [2.05, 4.69) is 20.7 Å². The Morgan fingerprint density at radius 2 is 2.00 bits per heavy atom. The number of carbonyl (C=O) groups is 1. The van der Waals surface area contributed by atoms with Gasteiger partial charge in [-0.25, -0.2) is 4.79 Å². The zero-order valence-electron chi connectivity index (χ0n) is 8.57. The monoisotopic (exact) mass is 280 g/mol. The van der Waals surface area contributed by atoms with Crippen LogP contribution in [0.3, 0.4) is 0 Å². The molecule has 0 unspecified atom stereocenters. The topological polar surface area (TPSA) is 39.4 Å². The summed E-state index contributed by atoms with van der Waals surface area (Å²) < 4.78 is 10.7. The molecule has 1 heterocycles. The molecule has 0 aliphatic rings. The third kappa shape index (κ3) is 1.88. The fourth-order valence-electron chi connectivity index (χ4n) is 1.45. The third-order valence-corrected chi connectivity index (χ3v) is 2.89. The van der Waals surface area contributed by atoms with Crippen molar-refractivity contribution >= 4 is 21.9 Å². The van der Waals surface area contributed by atoms with Gasteiger partial charge in [-0.05, 0) is 17.7 Å². The molecule has 0 N–H and O–H groups in total. The average Bonchev–Trinajstić information content (AvgIpc) is 2.77. The lowest BCUT2D eigenvalue weighted by Crippen LogP contribution is -2.01. The SMILES string of the molecule is COC(=O)c1occc1-c1ccccc1Br. The van der Waals surface area contributed by atoms with Crippen LogP contribution in [0.15, 0.2) is 45.5 Å². The molecule has 0 radical (unpaired) electrons. The van der Waals surface area contributed by atoms with Crippen molar-refractivity contribution in [1.82, 2.24) is 0 Å². The van der Waals surface area contributed by atoms with Crippen LogP contribution in [0.2, 0.25) is 0 Å². The van der Waals surface area contributed by atoms with Crippen LogP contribution in [-0.4, -0.2) is 13.1 Å². The molecule has 0 bridgehead atoms. The predicted octanol–water partition coefficient (Wildman–Crippen LogP) is 3.50. The van der Waals surface area contributed by atoms with Gasteiger partial charge in [-0.1, -0.05) is 34.1 Å². The van der Waals surface area contributed by atoms with Crippen molar-refractivity contribution in [3.63, 3.8) is 0 Å².